The minimum absolute atomic E-state index is 0.0118. The van der Waals surface area contributed by atoms with Gasteiger partial charge in [-0.3, -0.25) is 14.5 Å². The van der Waals surface area contributed by atoms with Crippen LogP contribution < -0.4 is 20.1 Å². The first-order valence-electron chi connectivity index (χ1n) is 13.3. The van der Waals surface area contributed by atoms with Crippen LogP contribution in [0.1, 0.15) is 31.2 Å². The molecule has 2 fully saturated rings. The fourth-order valence-electron chi connectivity index (χ4n) is 5.56. The van der Waals surface area contributed by atoms with E-state index in [2.05, 4.69) is 27.5 Å². The van der Waals surface area contributed by atoms with Crippen molar-refractivity contribution in [1.29, 1.82) is 0 Å². The monoisotopic (exact) mass is 526 g/mol. The molecule has 0 spiro atoms. The molecule has 2 aromatic rings. The van der Waals surface area contributed by atoms with E-state index in [1.54, 1.807) is 26.4 Å². The molecule has 2 aromatic carbocycles. The lowest BCUT2D eigenvalue weighted by Gasteiger charge is -2.36. The molecule has 2 aliphatic rings. The van der Waals surface area contributed by atoms with Crippen molar-refractivity contribution in [1.82, 2.24) is 15.1 Å². The molecule has 0 bridgehead atoms. The lowest BCUT2D eigenvalue weighted by molar-refractivity contribution is -0.130. The molecule has 38 heavy (non-hydrogen) atoms. The van der Waals surface area contributed by atoms with Crippen LogP contribution in [0, 0.1) is 17.7 Å². The summed E-state index contributed by atoms with van der Waals surface area (Å²) in [4.78, 5) is 31.0. The Morgan fingerprint density at radius 2 is 1.71 bits per heavy atom. The third-order valence-corrected chi connectivity index (χ3v) is 7.68. The van der Waals surface area contributed by atoms with Gasteiger partial charge in [0.05, 0.1) is 26.1 Å². The van der Waals surface area contributed by atoms with Crippen molar-refractivity contribution in [3.8, 4) is 11.5 Å². The van der Waals surface area contributed by atoms with Gasteiger partial charge < -0.3 is 25.0 Å². The molecule has 9 heteroatoms. The molecule has 2 heterocycles. The summed E-state index contributed by atoms with van der Waals surface area (Å²) in [5.41, 5.74) is 1.54. The number of anilines is 1. The molecular formula is C29H39FN4O4. The van der Waals surface area contributed by atoms with Crippen molar-refractivity contribution in [3.63, 3.8) is 0 Å². The van der Waals surface area contributed by atoms with Gasteiger partial charge in [0.1, 0.15) is 5.82 Å². The van der Waals surface area contributed by atoms with Gasteiger partial charge in [-0.05, 0) is 81.2 Å². The number of methoxy groups -OCH3 is 2. The van der Waals surface area contributed by atoms with E-state index in [0.29, 0.717) is 55.8 Å². The lowest BCUT2D eigenvalue weighted by Crippen LogP contribution is -2.49. The Hall–Kier alpha value is -3.17. The second-order valence-corrected chi connectivity index (χ2v) is 10.4. The van der Waals surface area contributed by atoms with Crippen molar-refractivity contribution in [2.45, 2.75) is 38.3 Å². The number of piperidine rings is 1. The number of hydrogen-bond donors (Lipinski definition) is 2. The van der Waals surface area contributed by atoms with Gasteiger partial charge in [0, 0.05) is 37.9 Å². The Kier molecular flexibility index (Phi) is 9.58. The molecule has 0 aliphatic carbocycles. The Bertz CT molecular complexity index is 1100. The van der Waals surface area contributed by atoms with Gasteiger partial charge in [-0.2, -0.15) is 0 Å². The first kappa shape index (κ1) is 27.9. The number of ether oxygens (including phenoxy) is 2. The summed E-state index contributed by atoms with van der Waals surface area (Å²) in [5, 5.41) is 6.03. The molecule has 0 aromatic heterocycles. The maximum atomic E-state index is 13.3. The van der Waals surface area contributed by atoms with Crippen molar-refractivity contribution in [2.24, 2.45) is 11.8 Å². The van der Waals surface area contributed by atoms with E-state index in [9.17, 15) is 14.0 Å². The molecule has 206 valence electrons. The Labute approximate surface area is 224 Å². The Morgan fingerprint density at radius 3 is 2.37 bits per heavy atom. The topological polar surface area (TPSA) is 83.1 Å². The van der Waals surface area contributed by atoms with Crippen LogP contribution in [0.15, 0.2) is 42.5 Å². The summed E-state index contributed by atoms with van der Waals surface area (Å²) in [5.74, 6) is 0.0544. The number of amides is 2. The maximum Gasteiger partial charge on any atom is 0.228 e. The van der Waals surface area contributed by atoms with Crippen LogP contribution in [0.25, 0.3) is 0 Å². The fourth-order valence-corrected chi connectivity index (χ4v) is 5.56. The van der Waals surface area contributed by atoms with Crippen molar-refractivity contribution in [3.05, 3.63) is 53.8 Å². The van der Waals surface area contributed by atoms with Crippen LogP contribution in [-0.4, -0.2) is 75.1 Å². The summed E-state index contributed by atoms with van der Waals surface area (Å²) in [6.07, 6.45) is 3.76. The van der Waals surface area contributed by atoms with E-state index < -0.39 is 0 Å². The zero-order chi connectivity index (χ0) is 27.1. The molecule has 2 amide bonds. The molecule has 2 aliphatic heterocycles. The van der Waals surface area contributed by atoms with E-state index >= 15 is 0 Å². The number of benzene rings is 2. The summed E-state index contributed by atoms with van der Waals surface area (Å²) in [6.45, 7) is 3.38. The zero-order valence-electron chi connectivity index (χ0n) is 22.5. The quantitative estimate of drug-likeness (QED) is 0.493. The molecule has 2 N–H and O–H groups in total. The van der Waals surface area contributed by atoms with Gasteiger partial charge in [0.2, 0.25) is 11.8 Å². The van der Waals surface area contributed by atoms with Gasteiger partial charge in [0.15, 0.2) is 11.5 Å². The Morgan fingerprint density at radius 1 is 1.00 bits per heavy atom. The van der Waals surface area contributed by atoms with E-state index in [1.807, 2.05) is 18.2 Å². The average Bonchev–Trinajstić information content (AvgIpc) is 3.33. The van der Waals surface area contributed by atoms with Crippen molar-refractivity contribution in [2.75, 3.05) is 52.8 Å². The summed E-state index contributed by atoms with van der Waals surface area (Å²) in [6, 6.07) is 12.0. The zero-order valence-corrected chi connectivity index (χ0v) is 22.5. The third-order valence-electron chi connectivity index (χ3n) is 7.68. The largest absolute Gasteiger partial charge is 0.493 e. The predicted octanol–water partition coefficient (Wildman–Crippen LogP) is 3.52. The first-order chi connectivity index (χ1) is 18.4. The van der Waals surface area contributed by atoms with Gasteiger partial charge in [-0.25, -0.2) is 4.39 Å². The molecule has 0 saturated carbocycles. The summed E-state index contributed by atoms with van der Waals surface area (Å²) >= 11 is 0. The average molecular weight is 527 g/mol. The molecule has 4 rings (SSSR count). The lowest BCUT2D eigenvalue weighted by atomic mass is 9.87. The fraction of sp³-hybridized carbons (Fsp3) is 0.517. The Balaban J connectivity index is 1.44. The minimum atomic E-state index is -0.384. The summed E-state index contributed by atoms with van der Waals surface area (Å²) in [7, 11) is 5.33. The van der Waals surface area contributed by atoms with Gasteiger partial charge in [0.25, 0.3) is 0 Å². The predicted molar refractivity (Wildman–Crippen MR) is 145 cm³/mol. The normalized spacial score (nSPS) is 22.2. The second kappa shape index (κ2) is 13.1. The molecular weight excluding hydrogens is 487 g/mol. The second-order valence-electron chi connectivity index (χ2n) is 10.4. The molecule has 0 radical (unpaired) electrons. The molecule has 1 unspecified atom stereocenters. The third kappa shape index (κ3) is 7.23. The maximum absolute atomic E-state index is 13.3. The van der Waals surface area contributed by atoms with Crippen LogP contribution in [0.5, 0.6) is 11.5 Å². The first-order valence-corrected chi connectivity index (χ1v) is 13.3. The number of hydrogen-bond acceptors (Lipinski definition) is 6. The highest BCUT2D eigenvalue weighted by atomic mass is 19.1. The summed E-state index contributed by atoms with van der Waals surface area (Å²) < 4.78 is 24.1. The SMILES string of the molecule is COc1ccc(CN2C[C@@H](C(=O)NCCC3CCCN3C)C[C@@H](C(=O)Nc3ccc(F)cc3)C2)cc1OC. The number of halogens is 1. The van der Waals surface area contributed by atoms with E-state index in [0.717, 1.165) is 18.5 Å². The number of likely N-dealkylation sites (tertiary alicyclic amines) is 2. The molecule has 3 atom stereocenters. The van der Waals surface area contributed by atoms with Crippen LogP contribution in [0.4, 0.5) is 10.1 Å². The van der Waals surface area contributed by atoms with Crippen molar-refractivity contribution >= 4 is 17.5 Å². The van der Waals surface area contributed by atoms with E-state index in [4.69, 9.17) is 9.47 Å². The number of nitrogens with zero attached hydrogens (tertiary/aromatic N) is 2. The smallest absolute Gasteiger partial charge is 0.228 e. The highest BCUT2D eigenvalue weighted by molar-refractivity contribution is 5.93. The van der Waals surface area contributed by atoms with Gasteiger partial charge in [-0.15, -0.1) is 0 Å². The van der Waals surface area contributed by atoms with Crippen molar-refractivity contribution < 1.29 is 23.5 Å². The standard InChI is InChI=1S/C29H39FN4O4/c1-33-14-4-5-25(33)12-13-31-28(35)21-16-22(29(36)32-24-9-7-23(30)8-10-24)19-34(18-21)17-20-6-11-26(37-2)27(15-20)38-3/h6-11,15,21-22,25H,4-5,12-14,16-19H2,1-3H3,(H,31,35)(H,32,36)/t21-,22+,25?/m0/s1. The van der Waals surface area contributed by atoms with Gasteiger partial charge in [-0.1, -0.05) is 6.07 Å². The highest BCUT2D eigenvalue weighted by Gasteiger charge is 2.35. The van der Waals surface area contributed by atoms with E-state index in [1.165, 1.54) is 25.0 Å². The number of rotatable bonds is 10. The minimum Gasteiger partial charge on any atom is -0.493 e. The molecule has 8 nitrogen and oxygen atoms in total. The molecule has 2 saturated heterocycles. The van der Waals surface area contributed by atoms with Crippen LogP contribution in [0.3, 0.4) is 0 Å². The number of carbonyl (C=O) groups excluding carboxylic acids is 2. The number of carbonyl (C=O) groups is 2. The van der Waals surface area contributed by atoms with Gasteiger partial charge >= 0.3 is 0 Å². The van der Waals surface area contributed by atoms with Crippen LogP contribution in [-0.2, 0) is 16.1 Å². The van der Waals surface area contributed by atoms with E-state index in [-0.39, 0.29) is 29.5 Å². The number of nitrogens with one attached hydrogen (secondary N) is 2. The van der Waals surface area contributed by atoms with Crippen LogP contribution in [0.2, 0.25) is 0 Å². The van der Waals surface area contributed by atoms with Crippen LogP contribution >= 0.6 is 0 Å². The highest BCUT2D eigenvalue weighted by Crippen LogP contribution is 2.30.